The molecule has 1 unspecified atom stereocenters. The van der Waals surface area contributed by atoms with Crippen molar-refractivity contribution < 1.29 is 19.4 Å². The Morgan fingerprint density at radius 1 is 1.15 bits per heavy atom. The molecule has 0 radical (unpaired) electrons. The first-order valence-electron chi connectivity index (χ1n) is 8.78. The summed E-state index contributed by atoms with van der Waals surface area (Å²) in [5.41, 5.74) is 2.55. The minimum atomic E-state index is -0.660. The van der Waals surface area contributed by atoms with E-state index in [9.17, 15) is 9.90 Å². The second kappa shape index (κ2) is 12.3. The van der Waals surface area contributed by atoms with E-state index in [1.165, 1.54) is 11.1 Å². The van der Waals surface area contributed by atoms with E-state index >= 15 is 0 Å². The van der Waals surface area contributed by atoms with Crippen LogP contribution in [0.25, 0.3) is 0 Å². The summed E-state index contributed by atoms with van der Waals surface area (Å²) in [6.07, 6.45) is 4.49. The van der Waals surface area contributed by atoms with E-state index in [2.05, 4.69) is 17.9 Å². The molecule has 1 aliphatic rings. The highest BCUT2D eigenvalue weighted by Crippen LogP contribution is 2.33. The van der Waals surface area contributed by atoms with Crippen LogP contribution in [-0.2, 0) is 17.8 Å². The summed E-state index contributed by atoms with van der Waals surface area (Å²) in [7, 11) is 3.30. The molecule has 0 aliphatic carbocycles. The smallest absolute Gasteiger partial charge is 0.306 e. The third-order valence-electron chi connectivity index (χ3n) is 4.85. The Balaban J connectivity index is 0.00000312. The van der Waals surface area contributed by atoms with Gasteiger partial charge in [-0.05, 0) is 49.1 Å². The average Bonchev–Trinajstić information content (AvgIpc) is 2.59. The van der Waals surface area contributed by atoms with Gasteiger partial charge < -0.3 is 14.6 Å². The Morgan fingerprint density at radius 2 is 1.77 bits per heavy atom. The topological polar surface area (TPSA) is 59.0 Å². The number of hydrogen-bond acceptors (Lipinski definition) is 4. The van der Waals surface area contributed by atoms with Crippen LogP contribution in [-0.4, -0.2) is 43.3 Å². The van der Waals surface area contributed by atoms with Crippen molar-refractivity contribution in [2.75, 3.05) is 27.3 Å². The van der Waals surface area contributed by atoms with Crippen LogP contribution in [0.4, 0.5) is 0 Å². The molecule has 0 saturated heterocycles. The molecule has 1 atom stereocenters. The minimum absolute atomic E-state index is 0. The van der Waals surface area contributed by atoms with Crippen LogP contribution in [0, 0.1) is 5.92 Å². The van der Waals surface area contributed by atoms with Crippen molar-refractivity contribution >= 4 is 30.8 Å². The van der Waals surface area contributed by atoms with Crippen LogP contribution in [0.5, 0.6) is 11.5 Å². The Kier molecular flexibility index (Phi) is 11.7. The standard InChI is InChI=1S/C19H29NO4.2ClH/c1-4-5-6-14(19(21)22)7-9-20-10-8-15-11-17(23-2)18(24-3)12-16(15)13-20;;/h11-12,14H,4-10,13H2,1-3H3,(H,21,22);2*1H. The van der Waals surface area contributed by atoms with Gasteiger partial charge in [0.05, 0.1) is 20.1 Å². The molecule has 1 aromatic rings. The molecule has 0 bridgehead atoms. The van der Waals surface area contributed by atoms with Crippen molar-refractivity contribution in [3.63, 3.8) is 0 Å². The van der Waals surface area contributed by atoms with Crippen LogP contribution in [0.2, 0.25) is 0 Å². The van der Waals surface area contributed by atoms with E-state index in [4.69, 9.17) is 9.47 Å². The Bertz CT molecular complexity index is 569. The summed E-state index contributed by atoms with van der Waals surface area (Å²) in [5.74, 6) is 0.642. The average molecular weight is 408 g/mol. The lowest BCUT2D eigenvalue weighted by atomic mass is 9.96. The third-order valence-corrected chi connectivity index (χ3v) is 4.85. The van der Waals surface area contributed by atoms with Crippen molar-refractivity contribution in [3.8, 4) is 11.5 Å². The number of unbranched alkanes of at least 4 members (excludes halogenated alkanes) is 1. The predicted molar refractivity (Wildman–Crippen MR) is 108 cm³/mol. The van der Waals surface area contributed by atoms with Gasteiger partial charge in [-0.15, -0.1) is 24.8 Å². The third kappa shape index (κ3) is 6.53. The van der Waals surface area contributed by atoms with E-state index in [-0.39, 0.29) is 30.7 Å². The van der Waals surface area contributed by atoms with E-state index in [1.807, 2.05) is 6.07 Å². The normalized spacial score (nSPS) is 14.4. The number of carboxylic acid groups (broad SMARTS) is 1. The van der Waals surface area contributed by atoms with E-state index in [0.29, 0.717) is 0 Å². The monoisotopic (exact) mass is 407 g/mol. The zero-order valence-electron chi connectivity index (χ0n) is 15.8. The first-order chi connectivity index (χ1) is 11.6. The molecule has 1 aromatic carbocycles. The fraction of sp³-hybridized carbons (Fsp3) is 0.632. The number of nitrogens with zero attached hydrogens (tertiary/aromatic N) is 1. The minimum Gasteiger partial charge on any atom is -0.493 e. The Hall–Kier alpha value is -1.17. The van der Waals surface area contributed by atoms with Gasteiger partial charge in [0.2, 0.25) is 0 Å². The molecule has 2 rings (SSSR count). The highest BCUT2D eigenvalue weighted by atomic mass is 35.5. The number of halogens is 2. The molecule has 0 aromatic heterocycles. The van der Waals surface area contributed by atoms with E-state index in [0.717, 1.165) is 63.2 Å². The first-order valence-corrected chi connectivity index (χ1v) is 8.78. The zero-order chi connectivity index (χ0) is 17.5. The van der Waals surface area contributed by atoms with Crippen LogP contribution >= 0.6 is 24.8 Å². The SMILES string of the molecule is CCCCC(CCN1CCc2cc(OC)c(OC)cc2C1)C(=O)O.Cl.Cl. The largest absolute Gasteiger partial charge is 0.493 e. The number of rotatable bonds is 9. The summed E-state index contributed by atoms with van der Waals surface area (Å²) < 4.78 is 10.8. The fourth-order valence-electron chi connectivity index (χ4n) is 3.31. The second-order valence-corrected chi connectivity index (χ2v) is 6.47. The molecule has 7 heteroatoms. The fourth-order valence-corrected chi connectivity index (χ4v) is 3.31. The maximum Gasteiger partial charge on any atom is 0.306 e. The predicted octanol–water partition coefficient (Wildman–Crippen LogP) is 4.19. The quantitative estimate of drug-likeness (QED) is 0.664. The van der Waals surface area contributed by atoms with Crippen molar-refractivity contribution in [1.82, 2.24) is 4.90 Å². The molecule has 1 aliphatic heterocycles. The summed E-state index contributed by atoms with van der Waals surface area (Å²) in [4.78, 5) is 13.7. The number of carbonyl (C=O) groups is 1. The van der Waals surface area contributed by atoms with Gasteiger partial charge in [0.25, 0.3) is 0 Å². The van der Waals surface area contributed by atoms with E-state index in [1.54, 1.807) is 14.2 Å². The second-order valence-electron chi connectivity index (χ2n) is 6.47. The first kappa shape index (κ1) is 24.8. The Morgan fingerprint density at radius 3 is 2.31 bits per heavy atom. The summed E-state index contributed by atoms with van der Waals surface area (Å²) in [5, 5.41) is 9.36. The van der Waals surface area contributed by atoms with Crippen molar-refractivity contribution in [2.24, 2.45) is 5.92 Å². The maximum absolute atomic E-state index is 11.4. The number of benzene rings is 1. The van der Waals surface area contributed by atoms with Gasteiger partial charge in [-0.1, -0.05) is 19.8 Å². The zero-order valence-corrected chi connectivity index (χ0v) is 17.5. The van der Waals surface area contributed by atoms with Crippen LogP contribution in [0.15, 0.2) is 12.1 Å². The molecule has 26 heavy (non-hydrogen) atoms. The van der Waals surface area contributed by atoms with E-state index < -0.39 is 5.97 Å². The molecular formula is C19H31Cl2NO4. The van der Waals surface area contributed by atoms with Gasteiger partial charge in [0, 0.05) is 13.1 Å². The van der Waals surface area contributed by atoms with Gasteiger partial charge >= 0.3 is 5.97 Å². The number of hydrogen-bond donors (Lipinski definition) is 1. The highest BCUT2D eigenvalue weighted by Gasteiger charge is 2.22. The lowest BCUT2D eigenvalue weighted by Gasteiger charge is -2.30. The molecular weight excluding hydrogens is 377 g/mol. The molecule has 1 heterocycles. The number of carboxylic acids is 1. The van der Waals surface area contributed by atoms with Crippen molar-refractivity contribution in [2.45, 2.75) is 45.6 Å². The number of ether oxygens (including phenoxy) is 2. The lowest BCUT2D eigenvalue weighted by Crippen LogP contribution is -2.33. The van der Waals surface area contributed by atoms with Gasteiger partial charge in [-0.25, -0.2) is 0 Å². The highest BCUT2D eigenvalue weighted by molar-refractivity contribution is 5.85. The van der Waals surface area contributed by atoms with Gasteiger partial charge in [0.1, 0.15) is 0 Å². The number of aliphatic carboxylic acids is 1. The van der Waals surface area contributed by atoms with Gasteiger partial charge in [0.15, 0.2) is 11.5 Å². The molecule has 0 spiro atoms. The summed E-state index contributed by atoms with van der Waals surface area (Å²) >= 11 is 0. The molecule has 0 amide bonds. The van der Waals surface area contributed by atoms with Crippen LogP contribution in [0.3, 0.4) is 0 Å². The van der Waals surface area contributed by atoms with Gasteiger partial charge in [-0.2, -0.15) is 0 Å². The lowest BCUT2D eigenvalue weighted by molar-refractivity contribution is -0.142. The Labute approximate surface area is 168 Å². The summed E-state index contributed by atoms with van der Waals surface area (Å²) in [6, 6.07) is 4.11. The maximum atomic E-state index is 11.4. The molecule has 0 saturated carbocycles. The number of fused-ring (bicyclic) bond motifs is 1. The molecule has 5 nitrogen and oxygen atoms in total. The number of methoxy groups -OCH3 is 2. The van der Waals surface area contributed by atoms with Gasteiger partial charge in [-0.3, -0.25) is 9.69 Å². The van der Waals surface area contributed by atoms with Crippen LogP contribution in [0.1, 0.15) is 43.7 Å². The summed E-state index contributed by atoms with van der Waals surface area (Å²) in [6.45, 7) is 4.73. The molecule has 0 fully saturated rings. The van der Waals surface area contributed by atoms with Crippen LogP contribution < -0.4 is 9.47 Å². The van der Waals surface area contributed by atoms with Crippen molar-refractivity contribution in [1.29, 1.82) is 0 Å². The van der Waals surface area contributed by atoms with Crippen molar-refractivity contribution in [3.05, 3.63) is 23.3 Å². The molecule has 150 valence electrons. The molecule has 1 N–H and O–H groups in total.